The van der Waals surface area contributed by atoms with Crippen LogP contribution in [0.2, 0.25) is 5.02 Å². The van der Waals surface area contributed by atoms with Crippen molar-refractivity contribution in [3.63, 3.8) is 0 Å². The number of hydrogen-bond acceptors (Lipinski definition) is 5. The standard InChI is InChI=1S/C28H32ClN3O5/c1-18(2)30-10-8-20(9-11-30)36-24-17-23-21(16-22(24)29)25(19-6-4-3-5-7-19)26(37-23)27(33)31-12-14-32(15-13-31)28(34)35/h3-7,16-18,20H,8-15H2,1-2H3,(H,34,35). The second-order valence-corrected chi connectivity index (χ2v) is 10.4. The topological polar surface area (TPSA) is 86.5 Å². The van der Waals surface area contributed by atoms with E-state index >= 15 is 0 Å². The molecule has 2 fully saturated rings. The van der Waals surface area contributed by atoms with Crippen LogP contribution in [0.5, 0.6) is 5.75 Å². The summed E-state index contributed by atoms with van der Waals surface area (Å²) < 4.78 is 12.5. The second-order valence-electron chi connectivity index (χ2n) is 9.96. The average Bonchev–Trinajstić information content (AvgIpc) is 3.27. The first-order valence-corrected chi connectivity index (χ1v) is 13.2. The van der Waals surface area contributed by atoms with E-state index in [1.807, 2.05) is 36.4 Å². The number of benzene rings is 2. The Kier molecular flexibility index (Phi) is 7.31. The first-order chi connectivity index (χ1) is 17.8. The van der Waals surface area contributed by atoms with Crippen LogP contribution in [-0.2, 0) is 0 Å². The first kappa shape index (κ1) is 25.4. The van der Waals surface area contributed by atoms with E-state index < -0.39 is 6.09 Å². The van der Waals surface area contributed by atoms with Crippen molar-refractivity contribution in [3.8, 4) is 16.9 Å². The van der Waals surface area contributed by atoms with Gasteiger partial charge in [-0.3, -0.25) is 4.79 Å². The smallest absolute Gasteiger partial charge is 0.407 e. The Hall–Kier alpha value is -3.23. The van der Waals surface area contributed by atoms with Crippen molar-refractivity contribution in [1.82, 2.24) is 14.7 Å². The average molecular weight is 526 g/mol. The Morgan fingerprint density at radius 3 is 2.27 bits per heavy atom. The van der Waals surface area contributed by atoms with Gasteiger partial charge in [-0.25, -0.2) is 4.79 Å². The Balaban J connectivity index is 1.46. The quantitative estimate of drug-likeness (QED) is 0.477. The van der Waals surface area contributed by atoms with Gasteiger partial charge < -0.3 is 29.0 Å². The minimum atomic E-state index is -0.974. The van der Waals surface area contributed by atoms with Gasteiger partial charge in [-0.1, -0.05) is 41.9 Å². The van der Waals surface area contributed by atoms with Crippen molar-refractivity contribution in [3.05, 3.63) is 53.2 Å². The Morgan fingerprint density at radius 1 is 1.00 bits per heavy atom. The normalized spacial score (nSPS) is 17.5. The van der Waals surface area contributed by atoms with Gasteiger partial charge in [0.2, 0.25) is 5.76 Å². The zero-order chi connectivity index (χ0) is 26.1. The number of likely N-dealkylation sites (tertiary alicyclic amines) is 1. The predicted molar refractivity (Wildman–Crippen MR) is 143 cm³/mol. The number of piperazine rings is 1. The summed E-state index contributed by atoms with van der Waals surface area (Å²) in [6.07, 6.45) is 0.941. The highest BCUT2D eigenvalue weighted by Crippen LogP contribution is 2.41. The van der Waals surface area contributed by atoms with Gasteiger partial charge >= 0.3 is 6.09 Å². The van der Waals surface area contributed by atoms with Crippen LogP contribution in [0.1, 0.15) is 37.2 Å². The Bertz CT molecular complexity index is 1280. The van der Waals surface area contributed by atoms with Gasteiger partial charge in [0, 0.05) is 62.3 Å². The summed E-state index contributed by atoms with van der Waals surface area (Å²) in [5.74, 6) is 0.516. The number of ether oxygens (including phenoxy) is 1. The summed E-state index contributed by atoms with van der Waals surface area (Å²) in [7, 11) is 0. The largest absolute Gasteiger partial charge is 0.489 e. The zero-order valence-corrected chi connectivity index (χ0v) is 21.9. The molecule has 3 aromatic rings. The van der Waals surface area contributed by atoms with Crippen LogP contribution >= 0.6 is 11.6 Å². The summed E-state index contributed by atoms with van der Waals surface area (Å²) in [4.78, 5) is 30.3. The van der Waals surface area contributed by atoms with Crippen molar-refractivity contribution in [1.29, 1.82) is 0 Å². The zero-order valence-electron chi connectivity index (χ0n) is 21.2. The third kappa shape index (κ3) is 5.26. The molecule has 2 saturated heterocycles. The van der Waals surface area contributed by atoms with Crippen LogP contribution in [0, 0.1) is 0 Å². The number of carboxylic acid groups (broad SMARTS) is 1. The van der Waals surface area contributed by atoms with Gasteiger partial charge in [0.1, 0.15) is 17.4 Å². The highest BCUT2D eigenvalue weighted by molar-refractivity contribution is 6.33. The number of fused-ring (bicyclic) bond motifs is 1. The van der Waals surface area contributed by atoms with Crippen molar-refractivity contribution in [2.75, 3.05) is 39.3 Å². The van der Waals surface area contributed by atoms with Crippen molar-refractivity contribution < 1.29 is 23.8 Å². The molecule has 37 heavy (non-hydrogen) atoms. The Morgan fingerprint density at radius 2 is 1.65 bits per heavy atom. The van der Waals surface area contributed by atoms with Crippen LogP contribution in [0.15, 0.2) is 46.9 Å². The highest BCUT2D eigenvalue weighted by Gasteiger charge is 2.31. The second kappa shape index (κ2) is 10.6. The molecular weight excluding hydrogens is 494 g/mol. The van der Waals surface area contributed by atoms with Crippen molar-refractivity contribution in [2.24, 2.45) is 0 Å². The van der Waals surface area contributed by atoms with Gasteiger partial charge in [0.15, 0.2) is 0 Å². The molecule has 1 N–H and O–H groups in total. The molecule has 0 radical (unpaired) electrons. The van der Waals surface area contributed by atoms with E-state index in [1.165, 1.54) is 4.90 Å². The molecule has 0 unspecified atom stereocenters. The molecule has 3 heterocycles. The number of carbonyl (C=O) groups is 2. The monoisotopic (exact) mass is 525 g/mol. The van der Waals surface area contributed by atoms with E-state index in [0.717, 1.165) is 36.9 Å². The highest BCUT2D eigenvalue weighted by atomic mass is 35.5. The van der Waals surface area contributed by atoms with Gasteiger partial charge in [0.05, 0.1) is 5.02 Å². The summed E-state index contributed by atoms with van der Waals surface area (Å²) in [5, 5.41) is 10.5. The van der Waals surface area contributed by atoms with Crippen LogP contribution < -0.4 is 4.74 Å². The number of piperidine rings is 1. The first-order valence-electron chi connectivity index (χ1n) is 12.8. The summed E-state index contributed by atoms with van der Waals surface area (Å²) in [6.45, 7) is 7.52. The SMILES string of the molecule is CC(C)N1CCC(Oc2cc3oc(C(=O)N4CCN(C(=O)O)CC4)c(-c4ccccc4)c3cc2Cl)CC1. The fourth-order valence-electron chi connectivity index (χ4n) is 5.16. The summed E-state index contributed by atoms with van der Waals surface area (Å²) >= 11 is 6.71. The fourth-order valence-corrected chi connectivity index (χ4v) is 5.37. The van der Waals surface area contributed by atoms with E-state index in [4.69, 9.17) is 20.8 Å². The van der Waals surface area contributed by atoms with Crippen molar-refractivity contribution in [2.45, 2.75) is 38.8 Å². The molecule has 2 aliphatic heterocycles. The lowest BCUT2D eigenvalue weighted by molar-refractivity contribution is 0.0599. The number of nitrogens with zero attached hydrogens (tertiary/aromatic N) is 3. The third-order valence-corrected chi connectivity index (χ3v) is 7.63. The minimum absolute atomic E-state index is 0.0696. The van der Waals surface area contributed by atoms with Crippen LogP contribution in [0.4, 0.5) is 4.79 Å². The molecular formula is C28H32ClN3O5. The van der Waals surface area contributed by atoms with Gasteiger partial charge in [-0.05, 0) is 38.3 Å². The molecule has 2 aromatic carbocycles. The fraction of sp³-hybridized carbons (Fsp3) is 0.429. The number of amides is 2. The van der Waals surface area contributed by atoms with E-state index in [2.05, 4.69) is 18.7 Å². The van der Waals surface area contributed by atoms with E-state index in [-0.39, 0.29) is 30.9 Å². The van der Waals surface area contributed by atoms with Gasteiger partial charge in [-0.15, -0.1) is 0 Å². The molecule has 0 spiro atoms. The van der Waals surface area contributed by atoms with Crippen molar-refractivity contribution >= 4 is 34.6 Å². The summed E-state index contributed by atoms with van der Waals surface area (Å²) in [5.41, 5.74) is 2.06. The lowest BCUT2D eigenvalue weighted by atomic mass is 10.0. The maximum atomic E-state index is 13.6. The molecule has 0 aliphatic carbocycles. The van der Waals surface area contributed by atoms with Crippen LogP contribution in [-0.4, -0.2) is 83.2 Å². The minimum Gasteiger partial charge on any atom is -0.489 e. The number of carbonyl (C=O) groups excluding carboxylic acids is 1. The Labute approximate surface area is 221 Å². The molecule has 2 amide bonds. The van der Waals surface area contributed by atoms with Crippen LogP contribution in [0.25, 0.3) is 22.1 Å². The molecule has 0 saturated carbocycles. The maximum absolute atomic E-state index is 13.6. The van der Waals surface area contributed by atoms with Crippen LogP contribution in [0.3, 0.4) is 0 Å². The number of hydrogen-bond donors (Lipinski definition) is 1. The molecule has 2 aliphatic rings. The predicted octanol–water partition coefficient (Wildman–Crippen LogP) is 5.44. The lowest BCUT2D eigenvalue weighted by Crippen LogP contribution is -2.50. The lowest BCUT2D eigenvalue weighted by Gasteiger charge is -2.34. The number of halogens is 1. The molecule has 5 rings (SSSR count). The van der Waals surface area contributed by atoms with E-state index in [1.54, 1.807) is 11.0 Å². The number of furan rings is 1. The molecule has 0 atom stereocenters. The molecule has 9 heteroatoms. The maximum Gasteiger partial charge on any atom is 0.407 e. The molecule has 196 valence electrons. The van der Waals surface area contributed by atoms with Gasteiger partial charge in [0.25, 0.3) is 5.91 Å². The molecule has 1 aromatic heterocycles. The van der Waals surface area contributed by atoms with E-state index in [0.29, 0.717) is 41.0 Å². The van der Waals surface area contributed by atoms with E-state index in [9.17, 15) is 14.7 Å². The van der Waals surface area contributed by atoms with Gasteiger partial charge in [-0.2, -0.15) is 0 Å². The molecule has 0 bridgehead atoms. The number of rotatable bonds is 5. The third-order valence-electron chi connectivity index (χ3n) is 7.34. The molecule has 8 nitrogen and oxygen atoms in total. The summed E-state index contributed by atoms with van der Waals surface area (Å²) in [6, 6.07) is 13.7.